The summed E-state index contributed by atoms with van der Waals surface area (Å²) < 4.78 is 13.4. The highest BCUT2D eigenvalue weighted by Gasteiger charge is 2.33. The Morgan fingerprint density at radius 2 is 2.00 bits per heavy atom. The van der Waals surface area contributed by atoms with Crippen molar-refractivity contribution in [2.45, 2.75) is 0 Å². The molecule has 0 radical (unpaired) electrons. The molecular formula is C14H9FN2OS2. The molecule has 1 N–H and O–H groups in total. The Bertz CT molecular complexity index is 692. The van der Waals surface area contributed by atoms with Gasteiger partial charge in [0, 0.05) is 11.9 Å². The number of carbonyl (C=O) groups excluding carboxylic acids is 1. The first-order chi connectivity index (χ1) is 9.65. The number of aromatic amines is 1. The van der Waals surface area contributed by atoms with Gasteiger partial charge in [0.05, 0.1) is 10.6 Å². The van der Waals surface area contributed by atoms with Crippen molar-refractivity contribution in [3.05, 3.63) is 59.0 Å². The molecule has 1 aliphatic heterocycles. The van der Waals surface area contributed by atoms with Crippen LogP contribution in [0, 0.1) is 5.82 Å². The third-order valence-corrected chi connectivity index (χ3v) is 4.09. The van der Waals surface area contributed by atoms with Gasteiger partial charge in [0.25, 0.3) is 5.91 Å². The Morgan fingerprint density at radius 3 is 2.65 bits per heavy atom. The number of rotatable bonds is 2. The van der Waals surface area contributed by atoms with Crippen LogP contribution >= 0.6 is 24.0 Å². The number of nitrogens with zero attached hydrogens (tertiary/aromatic N) is 1. The van der Waals surface area contributed by atoms with Crippen LogP contribution < -0.4 is 4.90 Å². The van der Waals surface area contributed by atoms with Crippen LogP contribution in [0.4, 0.5) is 10.1 Å². The highest BCUT2D eigenvalue weighted by Crippen LogP contribution is 2.35. The van der Waals surface area contributed by atoms with Crippen molar-refractivity contribution in [2.24, 2.45) is 0 Å². The Labute approximate surface area is 124 Å². The molecule has 20 heavy (non-hydrogen) atoms. The number of carbonyl (C=O) groups is 1. The molecule has 100 valence electrons. The predicted octanol–water partition coefficient (Wildman–Crippen LogP) is 3.56. The van der Waals surface area contributed by atoms with Gasteiger partial charge in [-0.1, -0.05) is 24.0 Å². The van der Waals surface area contributed by atoms with Crippen LogP contribution in [-0.2, 0) is 4.79 Å². The molecule has 1 amide bonds. The van der Waals surface area contributed by atoms with Crippen LogP contribution in [0.5, 0.6) is 0 Å². The monoisotopic (exact) mass is 304 g/mol. The second-order valence-corrected chi connectivity index (χ2v) is 5.79. The number of hydrogen-bond donors (Lipinski definition) is 1. The van der Waals surface area contributed by atoms with Crippen molar-refractivity contribution in [1.82, 2.24) is 4.98 Å². The molecule has 1 saturated heterocycles. The number of thioether (sulfide) groups is 1. The van der Waals surface area contributed by atoms with Crippen molar-refractivity contribution in [3.8, 4) is 0 Å². The van der Waals surface area contributed by atoms with Crippen LogP contribution in [0.2, 0.25) is 0 Å². The minimum Gasteiger partial charge on any atom is -0.362 e. The summed E-state index contributed by atoms with van der Waals surface area (Å²) >= 11 is 6.46. The molecule has 0 atom stereocenters. The molecule has 0 unspecified atom stereocenters. The number of halogens is 1. The standard InChI is InChI=1S/C14H9FN2OS2/c15-9-3-5-11(6-4-9)17-13(18)12(20-14(17)19)8-10-2-1-7-16-10/h1-8,16H/b12-8-. The first-order valence-corrected chi connectivity index (χ1v) is 7.04. The summed E-state index contributed by atoms with van der Waals surface area (Å²) in [4.78, 5) is 17.3. The fraction of sp³-hybridized carbons (Fsp3) is 0. The fourth-order valence-corrected chi connectivity index (χ4v) is 3.15. The van der Waals surface area contributed by atoms with Crippen molar-refractivity contribution < 1.29 is 9.18 Å². The van der Waals surface area contributed by atoms with Gasteiger partial charge in [0.2, 0.25) is 0 Å². The number of amides is 1. The molecule has 3 rings (SSSR count). The van der Waals surface area contributed by atoms with E-state index in [-0.39, 0.29) is 11.7 Å². The van der Waals surface area contributed by atoms with E-state index >= 15 is 0 Å². The zero-order valence-corrected chi connectivity index (χ0v) is 11.8. The van der Waals surface area contributed by atoms with Crippen LogP contribution in [0.1, 0.15) is 5.69 Å². The van der Waals surface area contributed by atoms with Crippen molar-refractivity contribution in [3.63, 3.8) is 0 Å². The van der Waals surface area contributed by atoms with Gasteiger partial charge in [-0.25, -0.2) is 4.39 Å². The van der Waals surface area contributed by atoms with Gasteiger partial charge in [-0.15, -0.1) is 0 Å². The Balaban J connectivity index is 1.93. The second kappa shape index (κ2) is 5.22. The lowest BCUT2D eigenvalue weighted by atomic mass is 10.2. The zero-order valence-electron chi connectivity index (χ0n) is 10.2. The van der Waals surface area contributed by atoms with Crippen molar-refractivity contribution in [2.75, 3.05) is 4.90 Å². The van der Waals surface area contributed by atoms with Crippen LogP contribution in [0.25, 0.3) is 6.08 Å². The van der Waals surface area contributed by atoms with Crippen molar-refractivity contribution in [1.29, 1.82) is 0 Å². The van der Waals surface area contributed by atoms with Gasteiger partial charge in [0.1, 0.15) is 5.82 Å². The largest absolute Gasteiger partial charge is 0.362 e. The summed E-state index contributed by atoms with van der Waals surface area (Å²) in [7, 11) is 0. The number of aromatic nitrogens is 1. The average Bonchev–Trinajstić information content (AvgIpc) is 3.02. The van der Waals surface area contributed by atoms with E-state index in [2.05, 4.69) is 4.98 Å². The topological polar surface area (TPSA) is 36.1 Å². The van der Waals surface area contributed by atoms with E-state index in [1.165, 1.54) is 40.9 Å². The van der Waals surface area contributed by atoms with Crippen molar-refractivity contribution >= 4 is 46.0 Å². The van der Waals surface area contributed by atoms with E-state index < -0.39 is 0 Å². The van der Waals surface area contributed by atoms with Gasteiger partial charge < -0.3 is 4.98 Å². The molecule has 1 aliphatic rings. The minimum atomic E-state index is -0.346. The van der Waals surface area contributed by atoms with E-state index in [4.69, 9.17) is 12.2 Å². The van der Waals surface area contributed by atoms with E-state index in [1.807, 2.05) is 12.1 Å². The molecule has 1 aromatic heterocycles. The molecular weight excluding hydrogens is 295 g/mol. The van der Waals surface area contributed by atoms with Crippen LogP contribution in [-0.4, -0.2) is 15.2 Å². The molecule has 2 aromatic rings. The van der Waals surface area contributed by atoms with Crippen LogP contribution in [0.3, 0.4) is 0 Å². The lowest BCUT2D eigenvalue weighted by Gasteiger charge is -2.14. The third-order valence-electron chi connectivity index (χ3n) is 2.79. The number of thiocarbonyl (C=S) groups is 1. The summed E-state index contributed by atoms with van der Waals surface area (Å²) in [5.74, 6) is -0.540. The van der Waals surface area contributed by atoms with Crippen LogP contribution in [0.15, 0.2) is 47.5 Å². The summed E-state index contributed by atoms with van der Waals surface area (Å²) in [6, 6.07) is 9.41. The molecule has 0 saturated carbocycles. The molecule has 0 spiro atoms. The maximum atomic E-state index is 12.9. The molecule has 0 aliphatic carbocycles. The Hall–Kier alpha value is -1.92. The summed E-state index contributed by atoms with van der Waals surface area (Å²) in [6.45, 7) is 0. The molecule has 2 heterocycles. The maximum absolute atomic E-state index is 12.9. The lowest BCUT2D eigenvalue weighted by molar-refractivity contribution is -0.113. The van der Waals surface area contributed by atoms with E-state index in [0.29, 0.717) is 14.9 Å². The first-order valence-electron chi connectivity index (χ1n) is 5.82. The van der Waals surface area contributed by atoms with E-state index in [1.54, 1.807) is 12.3 Å². The molecule has 3 nitrogen and oxygen atoms in total. The summed E-state index contributed by atoms with van der Waals surface area (Å²) in [5.41, 5.74) is 1.41. The van der Waals surface area contributed by atoms with Gasteiger partial charge in [-0.2, -0.15) is 0 Å². The maximum Gasteiger partial charge on any atom is 0.270 e. The highest BCUT2D eigenvalue weighted by molar-refractivity contribution is 8.27. The van der Waals surface area contributed by atoms with Gasteiger partial charge in [0.15, 0.2) is 4.32 Å². The Kier molecular flexibility index (Phi) is 3.42. The predicted molar refractivity (Wildman–Crippen MR) is 82.8 cm³/mol. The average molecular weight is 304 g/mol. The number of anilines is 1. The summed E-state index contributed by atoms with van der Waals surface area (Å²) in [5, 5.41) is 0. The number of H-pyrrole nitrogens is 1. The molecule has 6 heteroatoms. The third kappa shape index (κ3) is 2.39. The Morgan fingerprint density at radius 1 is 1.25 bits per heavy atom. The van der Waals surface area contributed by atoms with Gasteiger partial charge >= 0.3 is 0 Å². The molecule has 1 fully saturated rings. The summed E-state index contributed by atoms with van der Waals surface area (Å²) in [6.07, 6.45) is 3.54. The fourth-order valence-electron chi connectivity index (χ4n) is 1.86. The zero-order chi connectivity index (χ0) is 14.1. The number of benzene rings is 1. The quantitative estimate of drug-likeness (QED) is 0.681. The number of hydrogen-bond acceptors (Lipinski definition) is 3. The molecule has 1 aromatic carbocycles. The normalized spacial score (nSPS) is 17.2. The van der Waals surface area contributed by atoms with E-state index in [0.717, 1.165) is 5.69 Å². The minimum absolute atomic E-state index is 0.193. The second-order valence-electron chi connectivity index (χ2n) is 4.12. The number of nitrogens with one attached hydrogen (secondary N) is 1. The SMILES string of the molecule is O=C1/C(=C/c2ccc[nH]2)SC(=S)N1c1ccc(F)cc1. The first kappa shape index (κ1) is 13.1. The molecule has 0 bridgehead atoms. The smallest absolute Gasteiger partial charge is 0.270 e. The van der Waals surface area contributed by atoms with Gasteiger partial charge in [-0.3, -0.25) is 9.69 Å². The highest BCUT2D eigenvalue weighted by atomic mass is 32.2. The van der Waals surface area contributed by atoms with Gasteiger partial charge in [-0.05, 0) is 42.5 Å². The lowest BCUT2D eigenvalue weighted by Crippen LogP contribution is -2.27. The van der Waals surface area contributed by atoms with E-state index in [9.17, 15) is 9.18 Å².